The minimum absolute atomic E-state index is 0.0778. The molecule has 3 nitrogen and oxygen atoms in total. The lowest BCUT2D eigenvalue weighted by Gasteiger charge is -2.11. The number of hydrogen-bond acceptors (Lipinski definition) is 2. The number of anilines is 1. The molecule has 2 rings (SSSR count). The first-order chi connectivity index (χ1) is 9.13. The lowest BCUT2D eigenvalue weighted by atomic mass is 10.1. The van der Waals surface area contributed by atoms with Crippen LogP contribution >= 0.6 is 0 Å². The van der Waals surface area contributed by atoms with E-state index in [-0.39, 0.29) is 12.0 Å². The van der Waals surface area contributed by atoms with Crippen molar-refractivity contribution in [2.75, 3.05) is 5.32 Å². The number of carbonyl (C=O) groups is 1. The molecular formula is C16H21NO2. The van der Waals surface area contributed by atoms with Gasteiger partial charge in [-0.1, -0.05) is 12.2 Å². The van der Waals surface area contributed by atoms with Crippen molar-refractivity contribution in [1.82, 2.24) is 0 Å². The highest BCUT2D eigenvalue weighted by molar-refractivity contribution is 5.91. The van der Waals surface area contributed by atoms with Gasteiger partial charge in [-0.05, 0) is 56.9 Å². The Labute approximate surface area is 114 Å². The molecule has 3 heteroatoms. The Balaban J connectivity index is 1.84. The Bertz CT molecular complexity index is 448. The van der Waals surface area contributed by atoms with Crippen LogP contribution in [0.4, 0.5) is 5.69 Å². The fourth-order valence-corrected chi connectivity index (χ4v) is 2.20. The molecule has 1 N–H and O–H groups in total. The van der Waals surface area contributed by atoms with Crippen LogP contribution in [0.15, 0.2) is 36.4 Å². The summed E-state index contributed by atoms with van der Waals surface area (Å²) < 4.78 is 5.56. The highest BCUT2D eigenvalue weighted by Gasteiger charge is 2.13. The van der Waals surface area contributed by atoms with Crippen molar-refractivity contribution in [2.45, 2.75) is 39.2 Å². The number of nitrogens with one attached hydrogen (secondary N) is 1. The first kappa shape index (κ1) is 13.7. The van der Waals surface area contributed by atoms with Gasteiger partial charge in [0.25, 0.3) is 0 Å². The second-order valence-corrected chi connectivity index (χ2v) is 5.21. The minimum Gasteiger partial charge on any atom is -0.491 e. The van der Waals surface area contributed by atoms with E-state index in [2.05, 4.69) is 17.5 Å². The first-order valence-corrected chi connectivity index (χ1v) is 6.86. The van der Waals surface area contributed by atoms with Crippen LogP contribution in [0.2, 0.25) is 0 Å². The van der Waals surface area contributed by atoms with E-state index < -0.39 is 0 Å². The third-order valence-corrected chi connectivity index (χ3v) is 3.07. The molecule has 0 spiro atoms. The molecule has 1 aliphatic rings. The number of benzene rings is 1. The summed E-state index contributed by atoms with van der Waals surface area (Å²) in [6.45, 7) is 3.98. The summed E-state index contributed by atoms with van der Waals surface area (Å²) in [4.78, 5) is 11.9. The van der Waals surface area contributed by atoms with Crippen LogP contribution in [0.3, 0.4) is 0 Å². The fraction of sp³-hybridized carbons (Fsp3) is 0.438. The molecule has 1 aromatic carbocycles. The zero-order valence-corrected chi connectivity index (χ0v) is 11.6. The molecule has 0 saturated heterocycles. The maximum atomic E-state index is 11.9. The predicted octanol–water partition coefficient (Wildman–Crippen LogP) is 3.77. The molecule has 0 fully saturated rings. The van der Waals surface area contributed by atoms with E-state index in [4.69, 9.17) is 4.74 Å². The quantitative estimate of drug-likeness (QED) is 0.817. The zero-order valence-electron chi connectivity index (χ0n) is 11.6. The van der Waals surface area contributed by atoms with Crippen LogP contribution in [0.1, 0.15) is 33.1 Å². The van der Waals surface area contributed by atoms with E-state index in [1.807, 2.05) is 38.1 Å². The second kappa shape index (κ2) is 6.41. The van der Waals surface area contributed by atoms with E-state index in [0.717, 1.165) is 24.3 Å². The molecule has 102 valence electrons. The van der Waals surface area contributed by atoms with Gasteiger partial charge in [-0.15, -0.1) is 0 Å². The maximum Gasteiger partial charge on any atom is 0.224 e. The SMILES string of the molecule is CC(C)Oc1ccc(NC(=O)C[C@@H]2C=CCC2)cc1. The monoisotopic (exact) mass is 259 g/mol. The Hall–Kier alpha value is -1.77. The number of allylic oxidation sites excluding steroid dienone is 2. The number of rotatable bonds is 5. The van der Waals surface area contributed by atoms with E-state index in [1.165, 1.54) is 0 Å². The summed E-state index contributed by atoms with van der Waals surface area (Å²) in [5, 5.41) is 2.92. The van der Waals surface area contributed by atoms with Crippen molar-refractivity contribution >= 4 is 11.6 Å². The average Bonchev–Trinajstić information content (AvgIpc) is 2.83. The Morgan fingerprint density at radius 2 is 2.11 bits per heavy atom. The summed E-state index contributed by atoms with van der Waals surface area (Å²) in [5.41, 5.74) is 0.822. The van der Waals surface area contributed by atoms with Gasteiger partial charge in [0, 0.05) is 12.1 Å². The maximum absolute atomic E-state index is 11.9. The van der Waals surface area contributed by atoms with Crippen molar-refractivity contribution in [3.8, 4) is 5.75 Å². The Kier molecular flexibility index (Phi) is 4.61. The van der Waals surface area contributed by atoms with E-state index in [0.29, 0.717) is 12.3 Å². The van der Waals surface area contributed by atoms with Gasteiger partial charge < -0.3 is 10.1 Å². The zero-order chi connectivity index (χ0) is 13.7. The van der Waals surface area contributed by atoms with Gasteiger partial charge >= 0.3 is 0 Å². The van der Waals surface area contributed by atoms with Crippen LogP contribution < -0.4 is 10.1 Å². The number of amides is 1. The summed E-state index contributed by atoms with van der Waals surface area (Å²) in [5.74, 6) is 1.31. The van der Waals surface area contributed by atoms with Gasteiger partial charge in [-0.2, -0.15) is 0 Å². The van der Waals surface area contributed by atoms with E-state index >= 15 is 0 Å². The molecule has 1 amide bonds. The number of hydrogen-bond donors (Lipinski definition) is 1. The van der Waals surface area contributed by atoms with Gasteiger partial charge in [-0.25, -0.2) is 0 Å². The summed E-state index contributed by atoms with van der Waals surface area (Å²) in [6, 6.07) is 7.51. The smallest absolute Gasteiger partial charge is 0.224 e. The van der Waals surface area contributed by atoms with E-state index in [1.54, 1.807) is 0 Å². The lowest BCUT2D eigenvalue weighted by molar-refractivity contribution is -0.116. The third kappa shape index (κ3) is 4.43. The molecule has 0 radical (unpaired) electrons. The molecule has 19 heavy (non-hydrogen) atoms. The Morgan fingerprint density at radius 3 is 2.68 bits per heavy atom. The molecule has 1 aliphatic carbocycles. The topological polar surface area (TPSA) is 38.3 Å². The number of ether oxygens (including phenoxy) is 1. The lowest BCUT2D eigenvalue weighted by Crippen LogP contribution is -2.14. The van der Waals surface area contributed by atoms with Crippen LogP contribution in [0.25, 0.3) is 0 Å². The molecular weight excluding hydrogens is 238 g/mol. The van der Waals surface area contributed by atoms with Gasteiger partial charge in [-0.3, -0.25) is 4.79 Å². The summed E-state index contributed by atoms with van der Waals surface area (Å²) in [6.07, 6.45) is 7.21. The summed E-state index contributed by atoms with van der Waals surface area (Å²) in [7, 11) is 0. The highest BCUT2D eigenvalue weighted by atomic mass is 16.5. The van der Waals surface area contributed by atoms with Crippen LogP contribution in [0.5, 0.6) is 5.75 Å². The van der Waals surface area contributed by atoms with Crippen molar-refractivity contribution < 1.29 is 9.53 Å². The van der Waals surface area contributed by atoms with Crippen LogP contribution in [0, 0.1) is 5.92 Å². The van der Waals surface area contributed by atoms with Crippen LogP contribution in [-0.2, 0) is 4.79 Å². The van der Waals surface area contributed by atoms with Crippen molar-refractivity contribution in [1.29, 1.82) is 0 Å². The van der Waals surface area contributed by atoms with Crippen molar-refractivity contribution in [3.05, 3.63) is 36.4 Å². The number of carbonyl (C=O) groups excluding carboxylic acids is 1. The van der Waals surface area contributed by atoms with Crippen molar-refractivity contribution in [3.63, 3.8) is 0 Å². The van der Waals surface area contributed by atoms with Gasteiger partial charge in [0.1, 0.15) is 5.75 Å². The molecule has 0 saturated carbocycles. The molecule has 1 aromatic rings. The molecule has 1 atom stereocenters. The largest absolute Gasteiger partial charge is 0.491 e. The molecule has 0 aromatic heterocycles. The fourth-order valence-electron chi connectivity index (χ4n) is 2.20. The minimum atomic E-state index is 0.0778. The standard InChI is InChI=1S/C16H21NO2/c1-12(2)19-15-9-7-14(8-10-15)17-16(18)11-13-5-3-4-6-13/h3,5,7-10,12-13H,4,6,11H2,1-2H3,(H,17,18)/t13-/m1/s1. The third-order valence-electron chi connectivity index (χ3n) is 3.07. The predicted molar refractivity (Wildman–Crippen MR) is 77.3 cm³/mol. The normalized spacial score (nSPS) is 17.7. The first-order valence-electron chi connectivity index (χ1n) is 6.86. The van der Waals surface area contributed by atoms with E-state index in [9.17, 15) is 4.79 Å². The molecule has 0 aliphatic heterocycles. The Morgan fingerprint density at radius 1 is 1.37 bits per heavy atom. The average molecular weight is 259 g/mol. The van der Waals surface area contributed by atoms with Crippen molar-refractivity contribution in [2.24, 2.45) is 5.92 Å². The second-order valence-electron chi connectivity index (χ2n) is 5.21. The highest BCUT2D eigenvalue weighted by Crippen LogP contribution is 2.22. The van der Waals surface area contributed by atoms with Crippen LogP contribution in [-0.4, -0.2) is 12.0 Å². The van der Waals surface area contributed by atoms with Gasteiger partial charge in [0.05, 0.1) is 6.10 Å². The van der Waals surface area contributed by atoms with Gasteiger partial charge in [0.15, 0.2) is 0 Å². The molecule has 0 heterocycles. The van der Waals surface area contributed by atoms with Gasteiger partial charge in [0.2, 0.25) is 5.91 Å². The summed E-state index contributed by atoms with van der Waals surface area (Å²) >= 11 is 0. The molecule has 0 bridgehead atoms. The molecule has 0 unspecified atom stereocenters.